The van der Waals surface area contributed by atoms with Crippen LogP contribution in [0.25, 0.3) is 11.4 Å². The Kier molecular flexibility index (Phi) is 5.04. The van der Waals surface area contributed by atoms with E-state index >= 15 is 0 Å². The van der Waals surface area contributed by atoms with E-state index in [1.165, 1.54) is 18.2 Å². The summed E-state index contributed by atoms with van der Waals surface area (Å²) in [6, 6.07) is 9.52. The fourth-order valence-corrected chi connectivity index (χ4v) is 2.40. The number of rotatable bonds is 6. The number of hydrogen-bond donors (Lipinski definition) is 1. The molecule has 0 spiro atoms. The van der Waals surface area contributed by atoms with Gasteiger partial charge in [0.2, 0.25) is 11.7 Å². The SMILES string of the molecule is COc1ccc(-c2noc(CNc3cc(Cl)ccc3F)n2)c(OC)c1. The fourth-order valence-electron chi connectivity index (χ4n) is 2.22. The summed E-state index contributed by atoms with van der Waals surface area (Å²) >= 11 is 5.86. The van der Waals surface area contributed by atoms with Gasteiger partial charge in [-0.2, -0.15) is 4.98 Å². The fraction of sp³-hybridized carbons (Fsp3) is 0.176. The molecule has 3 rings (SSSR count). The summed E-state index contributed by atoms with van der Waals surface area (Å²) in [5, 5.41) is 7.24. The molecule has 0 saturated carbocycles. The Morgan fingerprint density at radius 2 is 2.00 bits per heavy atom. The molecule has 0 bridgehead atoms. The molecule has 0 unspecified atom stereocenters. The standard InChI is InChI=1S/C17H15ClFN3O3/c1-23-11-4-5-12(15(8-11)24-2)17-21-16(25-22-17)9-20-14-7-10(18)3-6-13(14)19/h3-8,20H,9H2,1-2H3. The monoisotopic (exact) mass is 363 g/mol. The Hall–Kier alpha value is -2.80. The molecule has 8 heteroatoms. The highest BCUT2D eigenvalue weighted by atomic mass is 35.5. The van der Waals surface area contributed by atoms with Gasteiger partial charge in [0.25, 0.3) is 0 Å². The Labute approximate surface area is 148 Å². The van der Waals surface area contributed by atoms with Crippen molar-refractivity contribution in [1.29, 1.82) is 0 Å². The number of anilines is 1. The minimum Gasteiger partial charge on any atom is -0.497 e. The third-order valence-corrected chi connectivity index (χ3v) is 3.71. The first kappa shape index (κ1) is 17.0. The molecule has 0 radical (unpaired) electrons. The second kappa shape index (κ2) is 7.40. The van der Waals surface area contributed by atoms with E-state index in [4.69, 9.17) is 25.6 Å². The second-order valence-corrected chi connectivity index (χ2v) is 5.49. The van der Waals surface area contributed by atoms with Gasteiger partial charge >= 0.3 is 0 Å². The third-order valence-electron chi connectivity index (χ3n) is 3.48. The Morgan fingerprint density at radius 3 is 2.76 bits per heavy atom. The highest BCUT2D eigenvalue weighted by molar-refractivity contribution is 6.30. The highest BCUT2D eigenvalue weighted by Gasteiger charge is 2.14. The number of halogens is 2. The van der Waals surface area contributed by atoms with Gasteiger partial charge in [-0.1, -0.05) is 16.8 Å². The van der Waals surface area contributed by atoms with E-state index in [9.17, 15) is 4.39 Å². The van der Waals surface area contributed by atoms with Crippen molar-refractivity contribution in [3.8, 4) is 22.9 Å². The van der Waals surface area contributed by atoms with E-state index in [1.54, 1.807) is 32.4 Å². The van der Waals surface area contributed by atoms with Crippen molar-refractivity contribution in [2.45, 2.75) is 6.54 Å². The van der Waals surface area contributed by atoms with Gasteiger partial charge < -0.3 is 19.3 Å². The minimum atomic E-state index is -0.416. The van der Waals surface area contributed by atoms with Gasteiger partial charge in [0.05, 0.1) is 32.0 Å². The van der Waals surface area contributed by atoms with Crippen LogP contribution in [0.1, 0.15) is 5.89 Å². The quantitative estimate of drug-likeness (QED) is 0.709. The van der Waals surface area contributed by atoms with Crippen LogP contribution in [0.2, 0.25) is 5.02 Å². The average Bonchev–Trinajstić information content (AvgIpc) is 3.10. The Morgan fingerprint density at radius 1 is 1.16 bits per heavy atom. The molecule has 130 valence electrons. The largest absolute Gasteiger partial charge is 0.497 e. The molecule has 0 aliphatic rings. The van der Waals surface area contributed by atoms with E-state index in [-0.39, 0.29) is 12.2 Å². The lowest BCUT2D eigenvalue weighted by atomic mass is 10.2. The maximum absolute atomic E-state index is 13.7. The average molecular weight is 364 g/mol. The maximum atomic E-state index is 13.7. The molecule has 0 atom stereocenters. The molecule has 2 aromatic carbocycles. The topological polar surface area (TPSA) is 69.4 Å². The summed E-state index contributed by atoms with van der Waals surface area (Å²) in [4.78, 5) is 4.30. The van der Waals surface area contributed by atoms with Crippen molar-refractivity contribution in [1.82, 2.24) is 10.1 Å². The van der Waals surface area contributed by atoms with E-state index in [0.717, 1.165) is 0 Å². The number of ether oxygens (including phenoxy) is 2. The molecule has 25 heavy (non-hydrogen) atoms. The zero-order chi connectivity index (χ0) is 17.8. The van der Waals surface area contributed by atoms with E-state index in [2.05, 4.69) is 15.5 Å². The number of hydrogen-bond acceptors (Lipinski definition) is 6. The molecule has 6 nitrogen and oxygen atoms in total. The number of benzene rings is 2. The Balaban J connectivity index is 1.77. The van der Waals surface area contributed by atoms with Crippen molar-refractivity contribution < 1.29 is 18.4 Å². The van der Waals surface area contributed by atoms with Crippen LogP contribution in [0.5, 0.6) is 11.5 Å². The summed E-state index contributed by atoms with van der Waals surface area (Å²) in [7, 11) is 3.12. The number of nitrogens with one attached hydrogen (secondary N) is 1. The molecule has 0 amide bonds. The zero-order valence-electron chi connectivity index (χ0n) is 13.5. The predicted octanol–water partition coefficient (Wildman–Crippen LogP) is 4.16. The van der Waals surface area contributed by atoms with Crippen molar-refractivity contribution in [3.63, 3.8) is 0 Å². The van der Waals surface area contributed by atoms with Gasteiger partial charge in [0.15, 0.2) is 0 Å². The summed E-state index contributed by atoms with van der Waals surface area (Å²) in [5.74, 6) is 1.46. The summed E-state index contributed by atoms with van der Waals surface area (Å²) in [6.45, 7) is 0.155. The number of aromatic nitrogens is 2. The Bertz CT molecular complexity index is 885. The molecule has 1 heterocycles. The van der Waals surface area contributed by atoms with Gasteiger partial charge in [-0.3, -0.25) is 0 Å². The van der Waals surface area contributed by atoms with Gasteiger partial charge in [0.1, 0.15) is 17.3 Å². The summed E-state index contributed by atoms with van der Waals surface area (Å²) < 4.78 is 29.4. The molecule has 0 saturated heterocycles. The van der Waals surface area contributed by atoms with Gasteiger partial charge in [-0.05, 0) is 30.3 Å². The number of methoxy groups -OCH3 is 2. The molecule has 0 fully saturated rings. The first-order chi connectivity index (χ1) is 12.1. The van der Waals surface area contributed by atoms with Crippen LogP contribution < -0.4 is 14.8 Å². The van der Waals surface area contributed by atoms with Crippen LogP contribution >= 0.6 is 11.6 Å². The van der Waals surface area contributed by atoms with Crippen molar-refractivity contribution in [2.75, 3.05) is 19.5 Å². The smallest absolute Gasteiger partial charge is 0.246 e. The number of nitrogens with zero attached hydrogens (tertiary/aromatic N) is 2. The van der Waals surface area contributed by atoms with Crippen molar-refractivity contribution in [3.05, 3.63) is 53.1 Å². The minimum absolute atomic E-state index is 0.155. The lowest BCUT2D eigenvalue weighted by Gasteiger charge is -2.07. The normalized spacial score (nSPS) is 10.6. The molecular weight excluding hydrogens is 349 g/mol. The predicted molar refractivity (Wildman–Crippen MR) is 91.6 cm³/mol. The molecule has 0 aliphatic heterocycles. The van der Waals surface area contributed by atoms with Crippen LogP contribution in [-0.2, 0) is 6.54 Å². The van der Waals surface area contributed by atoms with Gasteiger partial charge in [-0.25, -0.2) is 4.39 Å². The van der Waals surface area contributed by atoms with Crippen LogP contribution in [-0.4, -0.2) is 24.4 Å². The molecule has 1 N–H and O–H groups in total. The van der Waals surface area contributed by atoms with Gasteiger partial charge in [0, 0.05) is 11.1 Å². The van der Waals surface area contributed by atoms with Gasteiger partial charge in [-0.15, -0.1) is 0 Å². The molecule has 0 aliphatic carbocycles. The maximum Gasteiger partial charge on any atom is 0.246 e. The highest BCUT2D eigenvalue weighted by Crippen LogP contribution is 2.31. The van der Waals surface area contributed by atoms with E-state index < -0.39 is 5.82 Å². The van der Waals surface area contributed by atoms with Crippen molar-refractivity contribution in [2.24, 2.45) is 0 Å². The third kappa shape index (κ3) is 3.83. The van der Waals surface area contributed by atoms with Crippen LogP contribution in [0.3, 0.4) is 0 Å². The summed E-state index contributed by atoms with van der Waals surface area (Å²) in [6.07, 6.45) is 0. The van der Waals surface area contributed by atoms with E-state index in [1.807, 2.05) is 0 Å². The molecular formula is C17H15ClFN3O3. The first-order valence-electron chi connectivity index (χ1n) is 7.34. The molecule has 1 aromatic heterocycles. The zero-order valence-corrected chi connectivity index (χ0v) is 14.3. The van der Waals surface area contributed by atoms with Crippen molar-refractivity contribution >= 4 is 17.3 Å². The first-order valence-corrected chi connectivity index (χ1v) is 7.72. The lowest BCUT2D eigenvalue weighted by Crippen LogP contribution is -2.01. The van der Waals surface area contributed by atoms with Crippen LogP contribution in [0.15, 0.2) is 40.9 Å². The van der Waals surface area contributed by atoms with Crippen LogP contribution in [0, 0.1) is 5.82 Å². The second-order valence-electron chi connectivity index (χ2n) is 5.06. The summed E-state index contributed by atoms with van der Waals surface area (Å²) in [5.41, 5.74) is 0.918. The molecule has 3 aromatic rings. The van der Waals surface area contributed by atoms with Crippen LogP contribution in [0.4, 0.5) is 10.1 Å². The van der Waals surface area contributed by atoms with E-state index in [0.29, 0.717) is 33.8 Å². The lowest BCUT2D eigenvalue weighted by molar-refractivity contribution is 0.382.